The van der Waals surface area contributed by atoms with Crippen molar-refractivity contribution < 1.29 is 17.6 Å². The molecule has 0 fully saturated rings. The molecule has 0 spiro atoms. The Morgan fingerprint density at radius 3 is 2.52 bits per heavy atom. The Balaban J connectivity index is 2.19. The molecule has 1 aromatic carbocycles. The minimum atomic E-state index is -3.74. The largest absolute Gasteiger partial charge is 0.448 e. The number of nitrogens with zero attached hydrogens (tertiary/aromatic N) is 1. The maximum Gasteiger partial charge on any atom is 0.273 e. The summed E-state index contributed by atoms with van der Waals surface area (Å²) in [7, 11) is -2.45. The molecule has 0 saturated carbocycles. The molecule has 136 valence electrons. The molecule has 1 aromatic heterocycles. The summed E-state index contributed by atoms with van der Waals surface area (Å²) in [5.74, 6) is -0.0271. The van der Waals surface area contributed by atoms with Gasteiger partial charge >= 0.3 is 0 Å². The average Bonchev–Trinajstić information content (AvgIpc) is 3.01. The summed E-state index contributed by atoms with van der Waals surface area (Å²) >= 11 is 0. The first-order valence-corrected chi connectivity index (χ1v) is 9.44. The first kappa shape index (κ1) is 19.2. The quantitative estimate of drug-likeness (QED) is 0.730. The van der Waals surface area contributed by atoms with Crippen molar-refractivity contribution in [1.29, 1.82) is 0 Å². The standard InChI is InChI=1S/C17H23N3O4S/c1-13-15(12-16(24-13)25(22,23)19-2)17(21)20(11-9-18)10-8-14-6-4-3-5-7-14/h3-7,12,19H,8-11,18H2,1-2H3. The summed E-state index contributed by atoms with van der Waals surface area (Å²) in [6.45, 7) is 2.75. The molecule has 0 atom stereocenters. The fourth-order valence-corrected chi connectivity index (χ4v) is 3.16. The summed E-state index contributed by atoms with van der Waals surface area (Å²) in [4.78, 5) is 14.4. The SMILES string of the molecule is CNS(=O)(=O)c1cc(C(=O)N(CCN)CCc2ccccc2)c(C)o1. The van der Waals surface area contributed by atoms with Gasteiger partial charge < -0.3 is 15.1 Å². The van der Waals surface area contributed by atoms with Gasteiger partial charge in [0.15, 0.2) is 0 Å². The Morgan fingerprint density at radius 2 is 1.92 bits per heavy atom. The second-order valence-corrected chi connectivity index (χ2v) is 7.38. The molecule has 3 N–H and O–H groups in total. The minimum Gasteiger partial charge on any atom is -0.448 e. The first-order chi connectivity index (χ1) is 11.9. The normalized spacial score (nSPS) is 11.5. The second-order valence-electron chi connectivity index (χ2n) is 5.56. The molecule has 1 amide bonds. The zero-order chi connectivity index (χ0) is 18.4. The summed E-state index contributed by atoms with van der Waals surface area (Å²) in [5.41, 5.74) is 6.97. The van der Waals surface area contributed by atoms with Crippen molar-refractivity contribution in [3.8, 4) is 0 Å². The van der Waals surface area contributed by atoms with Crippen LogP contribution in [-0.2, 0) is 16.4 Å². The number of carbonyl (C=O) groups is 1. The Kier molecular flexibility index (Phi) is 6.35. The molecule has 7 nitrogen and oxygen atoms in total. The van der Waals surface area contributed by atoms with Gasteiger partial charge in [-0.05, 0) is 26.0 Å². The topological polar surface area (TPSA) is 106 Å². The predicted octanol–water partition coefficient (Wildman–Crippen LogP) is 1.14. The van der Waals surface area contributed by atoms with Crippen LogP contribution in [0.25, 0.3) is 0 Å². The van der Waals surface area contributed by atoms with E-state index in [4.69, 9.17) is 10.2 Å². The van der Waals surface area contributed by atoms with E-state index in [-0.39, 0.29) is 22.3 Å². The van der Waals surface area contributed by atoms with E-state index in [1.165, 1.54) is 13.1 Å². The van der Waals surface area contributed by atoms with Gasteiger partial charge in [0.25, 0.3) is 15.9 Å². The molecule has 0 radical (unpaired) electrons. The monoisotopic (exact) mass is 365 g/mol. The zero-order valence-electron chi connectivity index (χ0n) is 14.4. The van der Waals surface area contributed by atoms with E-state index < -0.39 is 10.0 Å². The fraction of sp³-hybridized carbons (Fsp3) is 0.353. The highest BCUT2D eigenvalue weighted by molar-refractivity contribution is 7.89. The molecule has 2 rings (SSSR count). The third kappa shape index (κ3) is 4.68. The van der Waals surface area contributed by atoms with Gasteiger partial charge in [-0.3, -0.25) is 4.79 Å². The van der Waals surface area contributed by atoms with E-state index in [9.17, 15) is 13.2 Å². The molecule has 2 aromatic rings. The number of sulfonamides is 1. The van der Waals surface area contributed by atoms with Crippen LogP contribution in [0.5, 0.6) is 0 Å². The lowest BCUT2D eigenvalue weighted by atomic mass is 10.1. The van der Waals surface area contributed by atoms with E-state index in [0.29, 0.717) is 26.1 Å². The van der Waals surface area contributed by atoms with Gasteiger partial charge in [0.1, 0.15) is 5.76 Å². The van der Waals surface area contributed by atoms with Gasteiger partial charge in [0.2, 0.25) is 5.09 Å². The molecule has 0 aliphatic carbocycles. The van der Waals surface area contributed by atoms with Gasteiger partial charge in [-0.1, -0.05) is 30.3 Å². The van der Waals surface area contributed by atoms with Crippen LogP contribution in [0.15, 0.2) is 45.9 Å². The van der Waals surface area contributed by atoms with Gasteiger partial charge in [-0.15, -0.1) is 0 Å². The summed E-state index contributed by atoms with van der Waals surface area (Å²) in [6, 6.07) is 11.1. The molecular weight excluding hydrogens is 342 g/mol. The lowest BCUT2D eigenvalue weighted by Gasteiger charge is -2.21. The lowest BCUT2D eigenvalue weighted by Crippen LogP contribution is -2.37. The van der Waals surface area contributed by atoms with Crippen molar-refractivity contribution in [3.05, 3.63) is 53.3 Å². The number of nitrogens with two attached hydrogens (primary N) is 1. The highest BCUT2D eigenvalue weighted by Gasteiger charge is 2.25. The third-order valence-corrected chi connectivity index (χ3v) is 5.13. The average molecular weight is 365 g/mol. The number of nitrogens with one attached hydrogen (secondary N) is 1. The minimum absolute atomic E-state index is 0.232. The zero-order valence-corrected chi connectivity index (χ0v) is 15.2. The van der Waals surface area contributed by atoms with Crippen LogP contribution < -0.4 is 10.5 Å². The van der Waals surface area contributed by atoms with Crippen molar-refractivity contribution in [2.24, 2.45) is 5.73 Å². The van der Waals surface area contributed by atoms with E-state index in [2.05, 4.69) is 4.72 Å². The van der Waals surface area contributed by atoms with Gasteiger partial charge in [-0.25, -0.2) is 13.1 Å². The number of hydrogen-bond donors (Lipinski definition) is 2. The molecule has 25 heavy (non-hydrogen) atoms. The highest BCUT2D eigenvalue weighted by atomic mass is 32.2. The van der Waals surface area contributed by atoms with Crippen molar-refractivity contribution in [2.45, 2.75) is 18.4 Å². The third-order valence-electron chi connectivity index (χ3n) is 3.86. The first-order valence-electron chi connectivity index (χ1n) is 7.96. The number of aryl methyl sites for hydroxylation is 1. The van der Waals surface area contributed by atoms with Crippen LogP contribution in [0.4, 0.5) is 0 Å². The number of hydrogen-bond acceptors (Lipinski definition) is 5. The van der Waals surface area contributed by atoms with Gasteiger partial charge in [0, 0.05) is 25.7 Å². The maximum atomic E-state index is 12.8. The fourth-order valence-electron chi connectivity index (χ4n) is 2.45. The molecule has 8 heteroatoms. The van der Waals surface area contributed by atoms with Gasteiger partial charge in [-0.2, -0.15) is 0 Å². The van der Waals surface area contributed by atoms with Crippen molar-refractivity contribution in [1.82, 2.24) is 9.62 Å². The number of furan rings is 1. The van der Waals surface area contributed by atoms with Crippen LogP contribution in [0.2, 0.25) is 0 Å². The van der Waals surface area contributed by atoms with Gasteiger partial charge in [0.05, 0.1) is 5.56 Å². The number of rotatable bonds is 8. The van der Waals surface area contributed by atoms with Crippen LogP contribution in [0.1, 0.15) is 21.7 Å². The molecular formula is C17H23N3O4S. The Labute approximate surface area is 147 Å². The van der Waals surface area contributed by atoms with Crippen molar-refractivity contribution in [3.63, 3.8) is 0 Å². The van der Waals surface area contributed by atoms with Crippen LogP contribution in [-0.4, -0.2) is 45.9 Å². The van der Waals surface area contributed by atoms with E-state index in [1.807, 2.05) is 30.3 Å². The van der Waals surface area contributed by atoms with E-state index >= 15 is 0 Å². The molecule has 1 heterocycles. The van der Waals surface area contributed by atoms with E-state index in [0.717, 1.165) is 5.56 Å². The Hall–Kier alpha value is -2.16. The van der Waals surface area contributed by atoms with Crippen LogP contribution in [0.3, 0.4) is 0 Å². The van der Waals surface area contributed by atoms with Crippen LogP contribution >= 0.6 is 0 Å². The Bertz CT molecular complexity index is 816. The summed E-state index contributed by atoms with van der Waals surface area (Å²) in [5, 5.41) is -0.272. The van der Waals surface area contributed by atoms with Crippen molar-refractivity contribution in [2.75, 3.05) is 26.7 Å². The van der Waals surface area contributed by atoms with E-state index in [1.54, 1.807) is 11.8 Å². The van der Waals surface area contributed by atoms with Crippen molar-refractivity contribution >= 4 is 15.9 Å². The molecule has 0 unspecified atom stereocenters. The highest BCUT2D eigenvalue weighted by Crippen LogP contribution is 2.20. The van der Waals surface area contributed by atoms with Crippen LogP contribution in [0, 0.1) is 6.92 Å². The smallest absolute Gasteiger partial charge is 0.273 e. The number of benzene rings is 1. The number of amides is 1. The molecule has 0 aliphatic heterocycles. The lowest BCUT2D eigenvalue weighted by molar-refractivity contribution is 0.0760. The maximum absolute atomic E-state index is 12.8. The second kappa shape index (κ2) is 8.28. The molecule has 0 saturated heterocycles. The summed E-state index contributed by atoms with van der Waals surface area (Å²) < 4.78 is 31.1. The molecule has 0 aliphatic rings. The number of carbonyl (C=O) groups excluding carboxylic acids is 1. The Morgan fingerprint density at radius 1 is 1.24 bits per heavy atom. The predicted molar refractivity (Wildman–Crippen MR) is 94.8 cm³/mol. The molecule has 0 bridgehead atoms. The summed E-state index contributed by atoms with van der Waals surface area (Å²) in [6.07, 6.45) is 0.686.